The highest BCUT2D eigenvalue weighted by Gasteiger charge is 2.33. The van der Waals surface area contributed by atoms with Gasteiger partial charge in [-0.1, -0.05) is 29.5 Å². The molecule has 2 N–H and O–H groups in total. The minimum absolute atomic E-state index is 0.0305. The van der Waals surface area contributed by atoms with Crippen molar-refractivity contribution in [3.63, 3.8) is 0 Å². The number of benzene rings is 1. The van der Waals surface area contributed by atoms with Crippen LogP contribution in [0.25, 0.3) is 11.1 Å². The molecule has 1 fully saturated rings. The first-order chi connectivity index (χ1) is 19.0. The van der Waals surface area contributed by atoms with E-state index in [9.17, 15) is 18.0 Å². The first-order valence-electron chi connectivity index (χ1n) is 12.7. The molecule has 0 radical (unpaired) electrons. The molecule has 4 rings (SSSR count). The van der Waals surface area contributed by atoms with Crippen molar-refractivity contribution in [1.82, 2.24) is 19.1 Å². The van der Waals surface area contributed by atoms with E-state index in [-0.39, 0.29) is 21.1 Å². The number of nitrogens with one attached hydrogen (secondary N) is 1. The summed E-state index contributed by atoms with van der Waals surface area (Å²) in [4.78, 5) is 33.1. The van der Waals surface area contributed by atoms with Crippen LogP contribution >= 0.6 is 22.7 Å². The molecule has 0 bridgehead atoms. The Morgan fingerprint density at radius 2 is 1.93 bits per heavy atom. The van der Waals surface area contributed by atoms with Crippen molar-refractivity contribution >= 4 is 55.3 Å². The molecule has 1 atom stereocenters. The molecule has 40 heavy (non-hydrogen) atoms. The molecule has 3 heterocycles. The maximum Gasteiger partial charge on any atom is 0.410 e. The molecule has 0 aliphatic carbocycles. The Labute approximate surface area is 242 Å². The van der Waals surface area contributed by atoms with Gasteiger partial charge in [-0.25, -0.2) is 18.2 Å². The average Bonchev–Trinajstić information content (AvgIpc) is 3.51. The van der Waals surface area contributed by atoms with Crippen molar-refractivity contribution in [3.05, 3.63) is 47.0 Å². The summed E-state index contributed by atoms with van der Waals surface area (Å²) in [5, 5.41) is 14.0. The highest BCUT2D eigenvalue weighted by molar-refractivity contribution is 7.91. The highest BCUT2D eigenvalue weighted by atomic mass is 32.2. The summed E-state index contributed by atoms with van der Waals surface area (Å²) in [6.07, 6.45) is -0.434. The topological polar surface area (TPSA) is 126 Å². The number of nitrogens with zero attached hydrogens (tertiary/aromatic N) is 5. The molecule has 2 aromatic heterocycles. The highest BCUT2D eigenvalue weighted by Crippen LogP contribution is 2.33. The van der Waals surface area contributed by atoms with Gasteiger partial charge in [0.2, 0.25) is 6.41 Å². The van der Waals surface area contributed by atoms with Crippen LogP contribution in [0.2, 0.25) is 0 Å². The predicted molar refractivity (Wildman–Crippen MR) is 159 cm³/mol. The van der Waals surface area contributed by atoms with Gasteiger partial charge in [0, 0.05) is 50.7 Å². The van der Waals surface area contributed by atoms with Crippen molar-refractivity contribution in [2.24, 2.45) is 0 Å². The number of anilines is 2. The Bertz CT molecular complexity index is 1450. The van der Waals surface area contributed by atoms with Crippen molar-refractivity contribution in [3.8, 4) is 11.1 Å². The maximum atomic E-state index is 13.2. The summed E-state index contributed by atoms with van der Waals surface area (Å²) in [6.45, 7) is 6.62. The number of rotatable bonds is 11. The third-order valence-corrected chi connectivity index (χ3v) is 11.1. The molecular formula is C26H34N6O5S3. The van der Waals surface area contributed by atoms with Crippen LogP contribution in [0.4, 0.5) is 14.9 Å². The number of sulfonamides is 1. The number of carbonyl (C=O) groups is 2. The Kier molecular flexibility index (Phi) is 9.59. The fourth-order valence-corrected chi connectivity index (χ4v) is 8.65. The smallest absolute Gasteiger partial charge is 0.410 e. The first kappa shape index (κ1) is 30.1. The largest absolute Gasteiger partial charge is 0.465 e. The summed E-state index contributed by atoms with van der Waals surface area (Å²) in [6, 6.07) is 10.3. The Morgan fingerprint density at radius 1 is 1.20 bits per heavy atom. The van der Waals surface area contributed by atoms with Gasteiger partial charge in [0.1, 0.15) is 0 Å². The summed E-state index contributed by atoms with van der Waals surface area (Å²) in [7, 11) is 0.282. The van der Waals surface area contributed by atoms with E-state index >= 15 is 0 Å². The number of amides is 2. The summed E-state index contributed by atoms with van der Waals surface area (Å²) >= 11 is 2.34. The Balaban J connectivity index is 1.37. The standard InChI is InChI=1S/C26H34N6O5S3/c1-18(32(17-33)23-13-22(16-38-23)21-7-5-6-20(12-21)15-29(3)4)14-30-8-10-31(11-9-30)40(36,37)24-19(2)27-25(39-24)28-26(34)35/h5-7,12-13,16-18H,8-11,14-15H2,1-4H3,(H,27,28)(H,34,35)/t18-/m0/s1. The number of carboxylic acid groups (broad SMARTS) is 1. The molecular weight excluding hydrogens is 573 g/mol. The fraction of sp³-hybridized carbons (Fsp3) is 0.423. The number of thiazole rings is 1. The quantitative estimate of drug-likeness (QED) is 0.317. The van der Waals surface area contributed by atoms with Crippen LogP contribution in [0.5, 0.6) is 0 Å². The molecule has 1 saturated heterocycles. The second-order valence-corrected chi connectivity index (χ2v) is 14.0. The zero-order valence-electron chi connectivity index (χ0n) is 22.9. The van der Waals surface area contributed by atoms with Crippen molar-refractivity contribution < 1.29 is 23.1 Å². The van der Waals surface area contributed by atoms with E-state index in [1.807, 2.05) is 33.2 Å². The number of aryl methyl sites for hydroxylation is 1. The van der Waals surface area contributed by atoms with Crippen LogP contribution in [0.3, 0.4) is 0 Å². The van der Waals surface area contributed by atoms with Gasteiger partial charge in [-0.3, -0.25) is 15.0 Å². The van der Waals surface area contributed by atoms with Crippen molar-refractivity contribution in [1.29, 1.82) is 0 Å². The van der Waals surface area contributed by atoms with Gasteiger partial charge in [-0.05, 0) is 56.8 Å². The lowest BCUT2D eigenvalue weighted by atomic mass is 10.1. The van der Waals surface area contributed by atoms with Gasteiger partial charge in [0.05, 0.1) is 10.7 Å². The normalized spacial score (nSPS) is 15.7. The molecule has 11 nitrogen and oxygen atoms in total. The minimum atomic E-state index is -3.79. The SMILES string of the molecule is Cc1nc(NC(=O)O)sc1S(=O)(=O)N1CCN(C[C@H](C)N(C=O)c2cc(-c3cccc(CN(C)C)c3)cs2)CC1. The molecule has 1 aromatic carbocycles. The monoisotopic (exact) mass is 606 g/mol. The molecule has 14 heteroatoms. The molecule has 3 aromatic rings. The average molecular weight is 607 g/mol. The number of hydrogen-bond acceptors (Lipinski definition) is 9. The number of piperazine rings is 1. The molecule has 1 aliphatic heterocycles. The van der Waals surface area contributed by atoms with Crippen LogP contribution in [-0.2, 0) is 21.4 Å². The van der Waals surface area contributed by atoms with Gasteiger partial charge in [-0.15, -0.1) is 11.3 Å². The number of thiophene rings is 1. The number of aromatic nitrogens is 1. The third-order valence-electron chi connectivity index (χ3n) is 6.58. The molecule has 2 amide bonds. The minimum Gasteiger partial charge on any atom is -0.465 e. The number of hydrogen-bond donors (Lipinski definition) is 2. The van der Waals surface area contributed by atoms with E-state index in [1.165, 1.54) is 21.2 Å². The molecule has 1 aliphatic rings. The lowest BCUT2D eigenvalue weighted by Gasteiger charge is -2.36. The summed E-state index contributed by atoms with van der Waals surface area (Å²) < 4.78 is 27.9. The van der Waals surface area contributed by atoms with E-state index in [0.29, 0.717) is 32.7 Å². The third kappa shape index (κ3) is 7.06. The molecule has 0 saturated carbocycles. The van der Waals surface area contributed by atoms with E-state index in [1.54, 1.807) is 11.8 Å². The second kappa shape index (κ2) is 12.7. The van der Waals surface area contributed by atoms with E-state index in [4.69, 9.17) is 5.11 Å². The molecule has 216 valence electrons. The second-order valence-electron chi connectivity index (χ2n) is 10.0. The van der Waals surface area contributed by atoms with E-state index < -0.39 is 16.1 Å². The maximum absolute atomic E-state index is 13.2. The molecule has 0 unspecified atom stereocenters. The van der Waals surface area contributed by atoms with Gasteiger partial charge in [0.15, 0.2) is 9.34 Å². The van der Waals surface area contributed by atoms with Crippen molar-refractivity contribution in [2.45, 2.75) is 30.6 Å². The van der Waals surface area contributed by atoms with Crippen LogP contribution in [0.15, 0.2) is 39.9 Å². The van der Waals surface area contributed by atoms with E-state index in [2.05, 4.69) is 43.7 Å². The summed E-state index contributed by atoms with van der Waals surface area (Å²) in [5.74, 6) is 0. The Morgan fingerprint density at radius 3 is 2.58 bits per heavy atom. The molecule has 0 spiro atoms. The van der Waals surface area contributed by atoms with E-state index in [0.717, 1.165) is 40.4 Å². The zero-order valence-corrected chi connectivity index (χ0v) is 25.4. The predicted octanol–water partition coefficient (Wildman–Crippen LogP) is 3.69. The lowest BCUT2D eigenvalue weighted by Crippen LogP contribution is -2.52. The summed E-state index contributed by atoms with van der Waals surface area (Å²) in [5.41, 5.74) is 3.67. The van der Waals surface area contributed by atoms with Gasteiger partial charge < -0.3 is 14.9 Å². The van der Waals surface area contributed by atoms with Crippen molar-refractivity contribution in [2.75, 3.05) is 57.0 Å². The van der Waals surface area contributed by atoms with Gasteiger partial charge >= 0.3 is 6.09 Å². The Hall–Kier alpha value is -2.88. The van der Waals surface area contributed by atoms with Crippen LogP contribution in [-0.4, -0.2) is 98.0 Å². The van der Waals surface area contributed by atoms with Gasteiger partial charge in [-0.2, -0.15) is 4.31 Å². The van der Waals surface area contributed by atoms with Crippen LogP contribution in [0, 0.1) is 6.92 Å². The number of carbonyl (C=O) groups excluding carboxylic acids is 1. The van der Waals surface area contributed by atoms with Gasteiger partial charge in [0.25, 0.3) is 10.0 Å². The fourth-order valence-electron chi connectivity index (χ4n) is 4.70. The lowest BCUT2D eigenvalue weighted by molar-refractivity contribution is -0.107. The first-order valence-corrected chi connectivity index (χ1v) is 15.9. The van der Waals surface area contributed by atoms with Crippen LogP contribution < -0.4 is 10.2 Å². The zero-order chi connectivity index (χ0) is 29.0. The van der Waals surface area contributed by atoms with Crippen LogP contribution in [0.1, 0.15) is 18.2 Å².